The topological polar surface area (TPSA) is 21.3 Å². The highest BCUT2D eigenvalue weighted by Crippen LogP contribution is 2.34. The average Bonchev–Trinajstić information content (AvgIpc) is 2.58. The Morgan fingerprint density at radius 1 is 0.944 bits per heavy atom. The van der Waals surface area contributed by atoms with Crippen LogP contribution in [0.25, 0.3) is 0 Å². The van der Waals surface area contributed by atoms with Crippen molar-refractivity contribution in [3.63, 3.8) is 0 Å². The molecule has 1 heterocycles. The molecule has 2 heteroatoms. The van der Waals surface area contributed by atoms with E-state index in [1.54, 1.807) is 0 Å². The molecular formula is C16H19NO. The van der Waals surface area contributed by atoms with Gasteiger partial charge in [0.05, 0.1) is 5.69 Å². The van der Waals surface area contributed by atoms with Gasteiger partial charge in [-0.1, -0.05) is 50.6 Å². The summed E-state index contributed by atoms with van der Waals surface area (Å²) in [7, 11) is 0. The van der Waals surface area contributed by atoms with Gasteiger partial charge < -0.3 is 10.1 Å². The molecule has 18 heavy (non-hydrogen) atoms. The van der Waals surface area contributed by atoms with Crippen molar-refractivity contribution in [1.29, 1.82) is 0 Å². The molecule has 0 radical (unpaired) electrons. The SMILES string of the molecule is CCC.c1ccc2c(c1)CNc1ccccc1O2. The predicted molar refractivity (Wildman–Crippen MR) is 76.2 cm³/mol. The van der Waals surface area contributed by atoms with E-state index in [0.717, 1.165) is 23.7 Å². The smallest absolute Gasteiger partial charge is 0.150 e. The quantitative estimate of drug-likeness (QED) is 0.714. The standard InChI is InChI=1S/C13H11NO.C3H8/c1-3-7-12-10(5-1)9-14-11-6-2-4-8-13(11)15-12;1-3-2/h1-8,14H,9H2;3H2,1-2H3. The maximum atomic E-state index is 5.84. The lowest BCUT2D eigenvalue weighted by Crippen LogP contribution is -1.96. The summed E-state index contributed by atoms with van der Waals surface area (Å²) < 4.78 is 5.84. The number of benzene rings is 2. The Balaban J connectivity index is 0.000000367. The fourth-order valence-corrected chi connectivity index (χ4v) is 1.76. The molecular weight excluding hydrogens is 222 g/mol. The fourth-order valence-electron chi connectivity index (χ4n) is 1.76. The zero-order valence-electron chi connectivity index (χ0n) is 10.9. The molecule has 0 saturated heterocycles. The van der Waals surface area contributed by atoms with Crippen LogP contribution < -0.4 is 10.1 Å². The lowest BCUT2D eigenvalue weighted by Gasteiger charge is -2.06. The van der Waals surface area contributed by atoms with E-state index in [1.165, 1.54) is 12.0 Å². The minimum atomic E-state index is 0.813. The number of hydrogen-bond donors (Lipinski definition) is 1. The zero-order valence-corrected chi connectivity index (χ0v) is 10.9. The van der Waals surface area contributed by atoms with E-state index in [9.17, 15) is 0 Å². The molecule has 0 amide bonds. The lowest BCUT2D eigenvalue weighted by atomic mass is 10.2. The summed E-state index contributed by atoms with van der Waals surface area (Å²) in [5.74, 6) is 1.83. The molecule has 0 atom stereocenters. The van der Waals surface area contributed by atoms with Gasteiger partial charge in [-0.05, 0) is 18.2 Å². The summed E-state index contributed by atoms with van der Waals surface area (Å²) in [5, 5.41) is 3.36. The van der Waals surface area contributed by atoms with Crippen molar-refractivity contribution >= 4 is 5.69 Å². The van der Waals surface area contributed by atoms with E-state index in [-0.39, 0.29) is 0 Å². The lowest BCUT2D eigenvalue weighted by molar-refractivity contribution is 0.484. The van der Waals surface area contributed by atoms with E-state index in [4.69, 9.17) is 4.74 Å². The summed E-state index contributed by atoms with van der Waals surface area (Å²) in [6.07, 6.45) is 1.25. The van der Waals surface area contributed by atoms with Crippen molar-refractivity contribution in [2.24, 2.45) is 0 Å². The number of anilines is 1. The second-order valence-electron chi connectivity index (χ2n) is 4.27. The number of nitrogens with one attached hydrogen (secondary N) is 1. The molecule has 0 unspecified atom stereocenters. The van der Waals surface area contributed by atoms with Crippen molar-refractivity contribution in [3.05, 3.63) is 54.1 Å². The van der Waals surface area contributed by atoms with Crippen molar-refractivity contribution < 1.29 is 4.74 Å². The number of rotatable bonds is 0. The molecule has 2 aromatic rings. The Hall–Kier alpha value is -1.96. The molecule has 0 spiro atoms. The van der Waals surface area contributed by atoms with E-state index in [1.807, 2.05) is 42.5 Å². The average molecular weight is 241 g/mol. The monoisotopic (exact) mass is 241 g/mol. The summed E-state index contributed by atoms with van der Waals surface area (Å²) in [6.45, 7) is 5.06. The Bertz CT molecular complexity index is 462. The van der Waals surface area contributed by atoms with Gasteiger partial charge in [0, 0.05) is 12.1 Å². The van der Waals surface area contributed by atoms with E-state index >= 15 is 0 Å². The highest BCUT2D eigenvalue weighted by Gasteiger charge is 2.11. The molecule has 2 aromatic carbocycles. The number of fused-ring (bicyclic) bond motifs is 2. The van der Waals surface area contributed by atoms with Crippen LogP contribution in [-0.4, -0.2) is 0 Å². The highest BCUT2D eigenvalue weighted by atomic mass is 16.5. The molecule has 1 aliphatic heterocycles. The van der Waals surface area contributed by atoms with Gasteiger partial charge in [-0.25, -0.2) is 0 Å². The molecule has 0 bridgehead atoms. The molecule has 1 aliphatic rings. The van der Waals surface area contributed by atoms with Gasteiger partial charge >= 0.3 is 0 Å². The minimum absolute atomic E-state index is 0.813. The maximum Gasteiger partial charge on any atom is 0.150 e. The third-order valence-corrected chi connectivity index (χ3v) is 2.55. The van der Waals surface area contributed by atoms with E-state index in [0.29, 0.717) is 0 Å². The largest absolute Gasteiger partial charge is 0.455 e. The van der Waals surface area contributed by atoms with Crippen LogP contribution in [0.3, 0.4) is 0 Å². The van der Waals surface area contributed by atoms with Gasteiger partial charge in [0.2, 0.25) is 0 Å². The second-order valence-corrected chi connectivity index (χ2v) is 4.27. The van der Waals surface area contributed by atoms with Crippen LogP contribution in [0.4, 0.5) is 5.69 Å². The van der Waals surface area contributed by atoms with Crippen molar-refractivity contribution in [1.82, 2.24) is 0 Å². The molecule has 1 N–H and O–H groups in total. The van der Waals surface area contributed by atoms with Crippen molar-refractivity contribution in [3.8, 4) is 11.5 Å². The molecule has 0 saturated carbocycles. The first-order valence-corrected chi connectivity index (χ1v) is 6.43. The molecule has 0 fully saturated rings. The van der Waals surface area contributed by atoms with Crippen molar-refractivity contribution in [2.45, 2.75) is 26.8 Å². The highest BCUT2D eigenvalue weighted by molar-refractivity contribution is 5.60. The molecule has 3 rings (SSSR count). The van der Waals surface area contributed by atoms with Crippen LogP contribution in [0.2, 0.25) is 0 Å². The zero-order chi connectivity index (χ0) is 12.8. The van der Waals surface area contributed by atoms with Crippen LogP contribution in [-0.2, 0) is 6.54 Å². The Labute approximate surface area is 109 Å². The predicted octanol–water partition coefficient (Wildman–Crippen LogP) is 4.82. The second kappa shape index (κ2) is 6.10. The third kappa shape index (κ3) is 2.83. The van der Waals surface area contributed by atoms with Crippen LogP contribution in [0.15, 0.2) is 48.5 Å². The third-order valence-electron chi connectivity index (χ3n) is 2.55. The van der Waals surface area contributed by atoms with Gasteiger partial charge in [-0.3, -0.25) is 0 Å². The minimum Gasteiger partial charge on any atom is -0.455 e. The first-order chi connectivity index (χ1) is 8.85. The van der Waals surface area contributed by atoms with Crippen molar-refractivity contribution in [2.75, 3.05) is 5.32 Å². The fraction of sp³-hybridized carbons (Fsp3) is 0.250. The van der Waals surface area contributed by atoms with Gasteiger partial charge in [0.25, 0.3) is 0 Å². The van der Waals surface area contributed by atoms with Crippen LogP contribution in [0.5, 0.6) is 11.5 Å². The van der Waals surface area contributed by atoms with Gasteiger partial charge in [0.15, 0.2) is 5.75 Å². The van der Waals surface area contributed by atoms with E-state index in [2.05, 4.69) is 25.2 Å². The first kappa shape index (κ1) is 12.5. The summed E-state index contributed by atoms with van der Waals surface area (Å²) in [6, 6.07) is 16.1. The molecule has 2 nitrogen and oxygen atoms in total. The number of para-hydroxylation sites is 3. The number of ether oxygens (including phenoxy) is 1. The van der Waals surface area contributed by atoms with Gasteiger partial charge in [-0.15, -0.1) is 0 Å². The Kier molecular flexibility index (Phi) is 4.24. The maximum absolute atomic E-state index is 5.84. The van der Waals surface area contributed by atoms with Gasteiger partial charge in [-0.2, -0.15) is 0 Å². The Morgan fingerprint density at radius 2 is 1.56 bits per heavy atom. The summed E-state index contributed by atoms with van der Waals surface area (Å²) >= 11 is 0. The number of hydrogen-bond acceptors (Lipinski definition) is 2. The molecule has 0 aliphatic carbocycles. The molecule has 94 valence electrons. The molecule has 0 aromatic heterocycles. The first-order valence-electron chi connectivity index (χ1n) is 6.43. The van der Waals surface area contributed by atoms with Crippen LogP contribution in [0.1, 0.15) is 25.8 Å². The Morgan fingerprint density at radius 3 is 2.33 bits per heavy atom. The normalized spacial score (nSPS) is 11.7. The van der Waals surface area contributed by atoms with Crippen LogP contribution >= 0.6 is 0 Å². The summed E-state index contributed by atoms with van der Waals surface area (Å²) in [5.41, 5.74) is 2.24. The van der Waals surface area contributed by atoms with E-state index < -0.39 is 0 Å². The van der Waals surface area contributed by atoms with Gasteiger partial charge in [0.1, 0.15) is 5.75 Å². The summed E-state index contributed by atoms with van der Waals surface area (Å²) in [4.78, 5) is 0. The van der Waals surface area contributed by atoms with Crippen LogP contribution in [0, 0.1) is 0 Å².